The number of amides is 1. The topological polar surface area (TPSA) is 104 Å². The number of nitro groups is 1. The second-order valence-electron chi connectivity index (χ2n) is 9.27. The van der Waals surface area contributed by atoms with Crippen molar-refractivity contribution in [3.63, 3.8) is 0 Å². The van der Waals surface area contributed by atoms with Gasteiger partial charge in [0.15, 0.2) is 11.5 Å². The molecule has 0 saturated carbocycles. The van der Waals surface area contributed by atoms with Crippen LogP contribution in [-0.4, -0.2) is 57.7 Å². The number of ketones is 1. The predicted octanol–water partition coefficient (Wildman–Crippen LogP) is 5.31. The van der Waals surface area contributed by atoms with Gasteiger partial charge in [0.1, 0.15) is 18.8 Å². The first kappa shape index (κ1) is 27.0. The number of piperidine rings is 1. The van der Waals surface area contributed by atoms with E-state index in [0.717, 1.165) is 4.57 Å². The molecule has 2 aromatic rings. The molecule has 1 aromatic heterocycles. The van der Waals surface area contributed by atoms with Gasteiger partial charge < -0.3 is 18.9 Å². The molecule has 1 amide bonds. The Bertz CT molecular complexity index is 1130. The van der Waals surface area contributed by atoms with E-state index in [0.29, 0.717) is 25.9 Å². The van der Waals surface area contributed by atoms with Crippen molar-refractivity contribution < 1.29 is 37.2 Å². The smallest absolute Gasteiger partial charge is 0.410 e. The van der Waals surface area contributed by atoms with E-state index < -0.39 is 41.6 Å². The third kappa shape index (κ3) is 6.76. The van der Waals surface area contributed by atoms with Crippen LogP contribution < -0.4 is 4.74 Å². The molecule has 2 heterocycles. The van der Waals surface area contributed by atoms with E-state index >= 15 is 0 Å². The second kappa shape index (κ2) is 10.2. The van der Waals surface area contributed by atoms with Crippen molar-refractivity contribution in [3.8, 4) is 5.75 Å². The van der Waals surface area contributed by atoms with E-state index in [4.69, 9.17) is 9.47 Å². The summed E-state index contributed by atoms with van der Waals surface area (Å²) in [4.78, 5) is 37.4. The van der Waals surface area contributed by atoms with E-state index in [9.17, 15) is 32.9 Å². The summed E-state index contributed by atoms with van der Waals surface area (Å²) >= 11 is 1.69. The van der Waals surface area contributed by atoms with E-state index in [1.54, 1.807) is 43.4 Å². The minimum absolute atomic E-state index is 0.000678. The maximum Gasteiger partial charge on any atom is 0.410 e. The lowest BCUT2D eigenvalue weighted by molar-refractivity contribution is -0.384. The van der Waals surface area contributed by atoms with E-state index in [2.05, 4.69) is 0 Å². The number of likely N-dealkylation sites (tertiary alicyclic amines) is 1. The van der Waals surface area contributed by atoms with Crippen LogP contribution in [0.4, 0.5) is 23.7 Å². The summed E-state index contributed by atoms with van der Waals surface area (Å²) in [6, 6.07) is 3.82. The van der Waals surface area contributed by atoms with E-state index in [1.165, 1.54) is 23.1 Å². The number of carbonyl (C=O) groups excluding carboxylic acids is 2. The molecule has 1 aliphatic heterocycles. The number of hydrogen-bond donors (Lipinski definition) is 0. The summed E-state index contributed by atoms with van der Waals surface area (Å²) in [5.41, 5.74) is -1.07. The quantitative estimate of drug-likeness (QED) is 0.249. The fraction of sp³-hybridized carbons (Fsp3) is 0.545. The number of aromatic nitrogens is 1. The first-order chi connectivity index (χ1) is 16.2. The summed E-state index contributed by atoms with van der Waals surface area (Å²) < 4.78 is 50.8. The Morgan fingerprint density at radius 2 is 1.83 bits per heavy atom. The maximum atomic E-state index is 12.9. The van der Waals surface area contributed by atoms with Gasteiger partial charge in [0.05, 0.1) is 19.5 Å². The van der Waals surface area contributed by atoms with E-state index in [1.807, 2.05) is 0 Å². The van der Waals surface area contributed by atoms with Crippen LogP contribution in [0.1, 0.15) is 33.6 Å². The van der Waals surface area contributed by atoms with Crippen molar-refractivity contribution >= 4 is 51.1 Å². The molecule has 192 valence electrons. The molecular formula is C22H25F3IN3O6. The number of halogens is 4. The number of ether oxygens (including phenoxy) is 2. The van der Waals surface area contributed by atoms with Crippen LogP contribution in [0.2, 0.25) is 0 Å². The lowest BCUT2D eigenvalue weighted by atomic mass is 9.93. The van der Waals surface area contributed by atoms with Gasteiger partial charge in [-0.3, -0.25) is 14.9 Å². The second-order valence-corrected chi connectivity index (χ2v) is 10.4. The third-order valence-electron chi connectivity index (χ3n) is 5.46. The van der Waals surface area contributed by atoms with Gasteiger partial charge in [-0.25, -0.2) is 4.79 Å². The molecule has 1 fully saturated rings. The number of nitrogens with zero attached hydrogens (tertiary/aromatic N) is 3. The molecule has 0 N–H and O–H groups in total. The number of rotatable bonds is 6. The molecule has 35 heavy (non-hydrogen) atoms. The number of carbonyl (C=O) groups is 2. The molecule has 0 aliphatic carbocycles. The highest BCUT2D eigenvalue weighted by Crippen LogP contribution is 2.38. The minimum atomic E-state index is -4.50. The number of hydrogen-bond acceptors (Lipinski definition) is 6. The highest BCUT2D eigenvalue weighted by molar-refractivity contribution is 14.1. The Labute approximate surface area is 212 Å². The van der Waals surface area contributed by atoms with Crippen LogP contribution in [0.5, 0.6) is 5.75 Å². The largest absolute Gasteiger partial charge is 0.479 e. The summed E-state index contributed by atoms with van der Waals surface area (Å²) in [5.74, 6) is -0.847. The van der Waals surface area contributed by atoms with Crippen LogP contribution in [0.3, 0.4) is 0 Å². The summed E-state index contributed by atoms with van der Waals surface area (Å²) in [5, 5.41) is 11.7. The van der Waals surface area contributed by atoms with Gasteiger partial charge in [0.25, 0.3) is 0 Å². The molecule has 3 rings (SSSR count). The molecule has 9 nitrogen and oxygen atoms in total. The van der Waals surface area contributed by atoms with Crippen molar-refractivity contribution in [2.45, 2.75) is 51.9 Å². The molecule has 1 saturated heterocycles. The minimum Gasteiger partial charge on any atom is -0.479 e. The first-order valence-electron chi connectivity index (χ1n) is 10.8. The average molecular weight is 611 g/mol. The number of fused-ring (bicyclic) bond motifs is 1. The molecular weight excluding hydrogens is 586 g/mol. The molecule has 0 atom stereocenters. The number of benzene rings is 1. The third-order valence-corrected chi connectivity index (χ3v) is 6.35. The Morgan fingerprint density at radius 3 is 2.37 bits per heavy atom. The Hall–Kier alpha value is -2.58. The van der Waals surface area contributed by atoms with Crippen molar-refractivity contribution in [2.75, 3.05) is 19.7 Å². The zero-order valence-electron chi connectivity index (χ0n) is 19.4. The van der Waals surface area contributed by atoms with Crippen molar-refractivity contribution in [2.24, 2.45) is 5.92 Å². The standard InChI is InChI=1S/C22H25F3IN3O6/c1-21(2,3)35-20(31)27-8-6-13(7-9-27)16(30)11-34-17-5-4-15-14(19(17)29(32)33)10-18(26)28(15)12-22(23,24)25/h4-5,10,13H,6-9,11-12H2,1-3H3. The SMILES string of the molecule is CC(C)(C)OC(=O)N1CCC(C(=O)COc2ccc3c(cc(I)n3CC(F)(F)F)c2[N+](=O)[O-])CC1. The van der Waals surface area contributed by atoms with Gasteiger partial charge in [-0.05, 0) is 74.4 Å². The van der Waals surface area contributed by atoms with Gasteiger partial charge in [-0.2, -0.15) is 13.2 Å². The van der Waals surface area contributed by atoms with Crippen molar-refractivity contribution in [1.82, 2.24) is 9.47 Å². The fourth-order valence-electron chi connectivity index (χ4n) is 3.89. The van der Waals surface area contributed by atoms with Crippen molar-refractivity contribution in [1.29, 1.82) is 0 Å². The van der Waals surface area contributed by atoms with Crippen LogP contribution in [-0.2, 0) is 16.1 Å². The molecule has 1 aromatic carbocycles. The molecule has 0 bridgehead atoms. The highest BCUT2D eigenvalue weighted by Gasteiger charge is 2.33. The van der Waals surface area contributed by atoms with Crippen molar-refractivity contribution in [3.05, 3.63) is 32.0 Å². The molecule has 13 heteroatoms. The lowest BCUT2D eigenvalue weighted by Crippen LogP contribution is -2.43. The normalized spacial score (nSPS) is 15.3. The van der Waals surface area contributed by atoms with Gasteiger partial charge in [-0.15, -0.1) is 0 Å². The molecule has 0 radical (unpaired) electrons. The Kier molecular flexibility index (Phi) is 7.86. The zero-order valence-corrected chi connectivity index (χ0v) is 21.5. The van der Waals surface area contributed by atoms with Crippen LogP contribution in [0.15, 0.2) is 18.2 Å². The summed E-state index contributed by atoms with van der Waals surface area (Å²) in [6.07, 6.45) is -4.14. The summed E-state index contributed by atoms with van der Waals surface area (Å²) in [6.45, 7) is 4.26. The lowest BCUT2D eigenvalue weighted by Gasteiger charge is -2.32. The van der Waals surface area contributed by atoms with Crippen LogP contribution in [0.25, 0.3) is 10.9 Å². The van der Waals surface area contributed by atoms with Gasteiger partial charge in [-0.1, -0.05) is 0 Å². The number of nitro benzene ring substituents is 1. The maximum absolute atomic E-state index is 12.9. The monoisotopic (exact) mass is 611 g/mol. The van der Waals surface area contributed by atoms with Crippen LogP contribution >= 0.6 is 22.6 Å². The Balaban J connectivity index is 1.69. The summed E-state index contributed by atoms with van der Waals surface area (Å²) in [7, 11) is 0. The van der Waals surface area contributed by atoms with Gasteiger partial charge >= 0.3 is 18.0 Å². The van der Waals surface area contributed by atoms with E-state index in [-0.39, 0.29) is 32.1 Å². The predicted molar refractivity (Wildman–Crippen MR) is 128 cm³/mol. The zero-order chi connectivity index (χ0) is 26.1. The number of alkyl halides is 3. The average Bonchev–Trinajstić information content (AvgIpc) is 3.03. The molecule has 0 spiro atoms. The molecule has 1 aliphatic rings. The van der Waals surface area contributed by atoms with Gasteiger partial charge in [0.2, 0.25) is 0 Å². The number of Topliss-reactive ketones (excluding diaryl/α,β-unsaturated/α-hetero) is 1. The van der Waals surface area contributed by atoms with Gasteiger partial charge in [0, 0.05) is 19.0 Å². The first-order valence-corrected chi connectivity index (χ1v) is 11.9. The highest BCUT2D eigenvalue weighted by atomic mass is 127. The fourth-order valence-corrected chi connectivity index (χ4v) is 4.63. The molecule has 0 unspecified atom stereocenters. The Morgan fingerprint density at radius 1 is 1.20 bits per heavy atom. The van der Waals surface area contributed by atoms with Crippen LogP contribution in [0, 0.1) is 19.7 Å².